The summed E-state index contributed by atoms with van der Waals surface area (Å²) in [5.41, 5.74) is 6.57. The first-order chi connectivity index (χ1) is 16.2. The molecular weight excluding hydrogens is 414 g/mol. The van der Waals surface area contributed by atoms with Crippen molar-refractivity contribution in [3.63, 3.8) is 0 Å². The molecule has 2 nitrogen and oxygen atoms in total. The molecular formula is C32H43NO. The van der Waals surface area contributed by atoms with Gasteiger partial charge in [-0.3, -0.25) is 0 Å². The van der Waals surface area contributed by atoms with Crippen LogP contribution in [0.5, 0.6) is 5.75 Å². The Morgan fingerprint density at radius 3 is 1.62 bits per heavy atom. The number of ether oxygens (including phenoxy) is 1. The minimum atomic E-state index is -0.00137. The van der Waals surface area contributed by atoms with E-state index in [0.29, 0.717) is 0 Å². The van der Waals surface area contributed by atoms with Gasteiger partial charge < -0.3 is 9.64 Å². The van der Waals surface area contributed by atoms with Crippen molar-refractivity contribution in [3.05, 3.63) is 78.4 Å². The van der Waals surface area contributed by atoms with Crippen LogP contribution in [0.4, 0.5) is 11.4 Å². The molecule has 3 aromatic rings. The van der Waals surface area contributed by atoms with E-state index in [-0.39, 0.29) is 11.0 Å². The molecule has 0 N–H and O–H groups in total. The lowest BCUT2D eigenvalue weighted by atomic mass is 9.80. The molecule has 0 spiro atoms. The van der Waals surface area contributed by atoms with Gasteiger partial charge in [-0.05, 0) is 85.2 Å². The number of methoxy groups -OCH3 is 1. The summed E-state index contributed by atoms with van der Waals surface area (Å²) in [5.74, 6) is 0.885. The molecule has 182 valence electrons. The standard InChI is InChI=1S/C32H43NO/c1-8-10-24-32(5,6)33(29-19-21-30(34-7)22-20-29)28-17-13-26(14-18-28)25-11-15-27(16-12-25)31(3,4)23-9-2/h11-22H,8-10,23-24H2,1-7H3. The normalized spacial score (nSPS) is 12.0. The van der Waals surface area contributed by atoms with Gasteiger partial charge in [-0.15, -0.1) is 0 Å². The van der Waals surface area contributed by atoms with E-state index in [0.717, 1.165) is 12.2 Å². The van der Waals surface area contributed by atoms with E-state index in [1.165, 1.54) is 53.7 Å². The maximum atomic E-state index is 5.39. The smallest absolute Gasteiger partial charge is 0.119 e. The van der Waals surface area contributed by atoms with Crippen molar-refractivity contribution in [2.24, 2.45) is 0 Å². The van der Waals surface area contributed by atoms with Crippen LogP contribution in [0.15, 0.2) is 72.8 Å². The summed E-state index contributed by atoms with van der Waals surface area (Å²) in [5, 5.41) is 0. The predicted octanol–water partition coefficient (Wildman–Crippen LogP) is 9.55. The number of unbranched alkanes of at least 4 members (excludes halogenated alkanes) is 1. The lowest BCUT2D eigenvalue weighted by Crippen LogP contribution is -2.40. The SMILES string of the molecule is CCCCC(C)(C)N(c1ccc(OC)cc1)c1ccc(-c2ccc(C(C)(C)CCC)cc2)cc1. The third-order valence-corrected chi connectivity index (χ3v) is 7.08. The van der Waals surface area contributed by atoms with Gasteiger partial charge in [0.05, 0.1) is 7.11 Å². The van der Waals surface area contributed by atoms with Crippen LogP contribution in [0.25, 0.3) is 11.1 Å². The average Bonchev–Trinajstić information content (AvgIpc) is 2.84. The minimum absolute atomic E-state index is 0.00137. The zero-order chi connectivity index (χ0) is 24.8. The molecule has 0 bridgehead atoms. The van der Waals surface area contributed by atoms with E-state index < -0.39 is 0 Å². The Morgan fingerprint density at radius 2 is 1.15 bits per heavy atom. The van der Waals surface area contributed by atoms with Gasteiger partial charge in [-0.1, -0.05) is 83.4 Å². The maximum absolute atomic E-state index is 5.39. The highest BCUT2D eigenvalue weighted by Gasteiger charge is 2.28. The Bertz CT molecular complexity index is 1010. The van der Waals surface area contributed by atoms with Gasteiger partial charge in [-0.25, -0.2) is 0 Å². The van der Waals surface area contributed by atoms with E-state index in [2.05, 4.69) is 107 Å². The van der Waals surface area contributed by atoms with Crippen LogP contribution in [0.3, 0.4) is 0 Å². The first-order valence-corrected chi connectivity index (χ1v) is 12.9. The third-order valence-electron chi connectivity index (χ3n) is 7.08. The molecule has 34 heavy (non-hydrogen) atoms. The first kappa shape index (κ1) is 25.9. The van der Waals surface area contributed by atoms with Gasteiger partial charge in [-0.2, -0.15) is 0 Å². The number of nitrogens with zero attached hydrogens (tertiary/aromatic N) is 1. The molecule has 0 saturated carbocycles. The monoisotopic (exact) mass is 457 g/mol. The largest absolute Gasteiger partial charge is 0.497 e. The summed E-state index contributed by atoms with van der Waals surface area (Å²) in [7, 11) is 1.72. The molecule has 0 aliphatic carbocycles. The van der Waals surface area contributed by atoms with Gasteiger partial charge in [0.1, 0.15) is 5.75 Å². The molecule has 3 aromatic carbocycles. The zero-order valence-electron chi connectivity index (χ0n) is 22.3. The number of hydrogen-bond acceptors (Lipinski definition) is 2. The molecule has 0 unspecified atom stereocenters. The van der Waals surface area contributed by atoms with Crippen molar-refractivity contribution in [3.8, 4) is 16.9 Å². The van der Waals surface area contributed by atoms with Crippen LogP contribution in [0, 0.1) is 0 Å². The average molecular weight is 458 g/mol. The van der Waals surface area contributed by atoms with Gasteiger partial charge in [0.25, 0.3) is 0 Å². The maximum Gasteiger partial charge on any atom is 0.119 e. The number of rotatable bonds is 11. The second-order valence-electron chi connectivity index (χ2n) is 10.7. The van der Waals surface area contributed by atoms with Gasteiger partial charge >= 0.3 is 0 Å². The van der Waals surface area contributed by atoms with Gasteiger partial charge in [0.2, 0.25) is 0 Å². The zero-order valence-corrected chi connectivity index (χ0v) is 22.3. The number of hydrogen-bond donors (Lipinski definition) is 0. The predicted molar refractivity (Wildman–Crippen MR) is 149 cm³/mol. The van der Waals surface area contributed by atoms with Gasteiger partial charge in [0.15, 0.2) is 0 Å². The lowest BCUT2D eigenvalue weighted by Gasteiger charge is -2.41. The van der Waals surface area contributed by atoms with Crippen LogP contribution in [-0.2, 0) is 5.41 Å². The van der Waals surface area contributed by atoms with Crippen LogP contribution in [0.1, 0.15) is 79.2 Å². The number of anilines is 2. The summed E-state index contributed by atoms with van der Waals surface area (Å²) >= 11 is 0. The van der Waals surface area contributed by atoms with E-state index in [1.54, 1.807) is 7.11 Å². The highest BCUT2D eigenvalue weighted by atomic mass is 16.5. The summed E-state index contributed by atoms with van der Waals surface area (Å²) < 4.78 is 5.39. The second-order valence-corrected chi connectivity index (χ2v) is 10.7. The summed E-state index contributed by atoms with van der Waals surface area (Å²) in [6.45, 7) is 13.9. The number of benzene rings is 3. The van der Waals surface area contributed by atoms with Crippen LogP contribution in [-0.4, -0.2) is 12.6 Å². The van der Waals surface area contributed by atoms with Crippen molar-refractivity contribution in [1.29, 1.82) is 0 Å². The molecule has 0 fully saturated rings. The molecule has 2 heteroatoms. The molecule has 0 heterocycles. The third kappa shape index (κ3) is 6.03. The van der Waals surface area contributed by atoms with Crippen molar-refractivity contribution in [1.82, 2.24) is 0 Å². The highest BCUT2D eigenvalue weighted by Crippen LogP contribution is 2.38. The summed E-state index contributed by atoms with van der Waals surface area (Å²) in [6, 6.07) is 26.6. The fourth-order valence-corrected chi connectivity index (χ4v) is 4.99. The van der Waals surface area contributed by atoms with Crippen LogP contribution in [0.2, 0.25) is 0 Å². The van der Waals surface area contributed by atoms with Crippen LogP contribution >= 0.6 is 0 Å². The van der Waals surface area contributed by atoms with Crippen molar-refractivity contribution in [2.75, 3.05) is 12.0 Å². The Balaban J connectivity index is 1.91. The Labute approximate surface area is 208 Å². The molecule has 0 atom stereocenters. The minimum Gasteiger partial charge on any atom is -0.497 e. The first-order valence-electron chi connectivity index (χ1n) is 12.9. The van der Waals surface area contributed by atoms with Crippen molar-refractivity contribution >= 4 is 11.4 Å². The second kappa shape index (κ2) is 11.1. The van der Waals surface area contributed by atoms with Crippen LogP contribution < -0.4 is 9.64 Å². The van der Waals surface area contributed by atoms with Crippen molar-refractivity contribution in [2.45, 2.75) is 84.6 Å². The van der Waals surface area contributed by atoms with Crippen molar-refractivity contribution < 1.29 is 4.74 Å². The molecule has 3 rings (SSSR count). The summed E-state index contributed by atoms with van der Waals surface area (Å²) in [6.07, 6.45) is 5.94. The summed E-state index contributed by atoms with van der Waals surface area (Å²) in [4.78, 5) is 2.47. The molecule has 0 radical (unpaired) electrons. The Hall–Kier alpha value is -2.74. The van der Waals surface area contributed by atoms with E-state index in [4.69, 9.17) is 4.74 Å². The van der Waals surface area contributed by atoms with E-state index in [9.17, 15) is 0 Å². The lowest BCUT2D eigenvalue weighted by molar-refractivity contribution is 0.414. The van der Waals surface area contributed by atoms with E-state index in [1.807, 2.05) is 12.1 Å². The fraction of sp³-hybridized carbons (Fsp3) is 0.438. The topological polar surface area (TPSA) is 12.5 Å². The molecule has 0 aliphatic heterocycles. The quantitative estimate of drug-likeness (QED) is 0.284. The molecule has 0 aliphatic rings. The molecule has 0 saturated heterocycles. The fourth-order valence-electron chi connectivity index (χ4n) is 4.99. The molecule has 0 amide bonds. The Kier molecular flexibility index (Phi) is 8.47. The van der Waals surface area contributed by atoms with Gasteiger partial charge in [0, 0.05) is 16.9 Å². The highest BCUT2D eigenvalue weighted by molar-refractivity contribution is 5.71. The Morgan fingerprint density at radius 1 is 0.647 bits per heavy atom. The van der Waals surface area contributed by atoms with E-state index >= 15 is 0 Å². The molecule has 0 aromatic heterocycles.